The van der Waals surface area contributed by atoms with Gasteiger partial charge in [0.1, 0.15) is 23.0 Å². The molecule has 5 aromatic rings. The number of hydrogen-bond acceptors (Lipinski definition) is 5. The van der Waals surface area contributed by atoms with E-state index in [2.05, 4.69) is 21.1 Å². The highest BCUT2D eigenvalue weighted by molar-refractivity contribution is 6.03. The number of aromatic amines is 1. The maximum atomic E-state index is 9.19. The Bertz CT molecular complexity index is 1330. The summed E-state index contributed by atoms with van der Waals surface area (Å²) in [6, 6.07) is 7.61. The van der Waals surface area contributed by atoms with E-state index >= 15 is 0 Å². The Kier molecular flexibility index (Phi) is 3.18. The van der Waals surface area contributed by atoms with E-state index in [-0.39, 0.29) is 6.04 Å². The number of pyridine rings is 1. The van der Waals surface area contributed by atoms with E-state index in [0.29, 0.717) is 11.6 Å². The molecule has 5 rings (SSSR count). The average Bonchev–Trinajstić information content (AvgIpc) is 3.43. The van der Waals surface area contributed by atoms with Crippen LogP contribution in [0.25, 0.3) is 39.3 Å². The Morgan fingerprint density at radius 3 is 2.93 bits per heavy atom. The van der Waals surface area contributed by atoms with E-state index in [1.54, 1.807) is 24.0 Å². The molecule has 1 unspecified atom stereocenters. The van der Waals surface area contributed by atoms with Gasteiger partial charge in [-0.05, 0) is 32.0 Å². The number of nitriles is 1. The van der Waals surface area contributed by atoms with Crippen LogP contribution in [0.15, 0.2) is 47.4 Å². The number of imidazole rings is 1. The van der Waals surface area contributed by atoms with E-state index in [0.717, 1.165) is 33.5 Å². The van der Waals surface area contributed by atoms with Crippen LogP contribution in [0, 0.1) is 18.3 Å². The van der Waals surface area contributed by atoms with E-state index in [1.807, 2.05) is 42.1 Å². The predicted octanol–water partition coefficient (Wildman–Crippen LogP) is 3.75. The third kappa shape index (κ3) is 2.25. The van der Waals surface area contributed by atoms with Crippen molar-refractivity contribution in [3.63, 3.8) is 0 Å². The molecule has 1 atom stereocenters. The van der Waals surface area contributed by atoms with Crippen LogP contribution < -0.4 is 0 Å². The minimum atomic E-state index is -0.364. The third-order valence-corrected chi connectivity index (χ3v) is 4.59. The number of H-pyrrole nitrogens is 1. The first-order valence-electron chi connectivity index (χ1n) is 8.51. The summed E-state index contributed by atoms with van der Waals surface area (Å²) in [4.78, 5) is 12.3. The Balaban J connectivity index is 1.86. The molecule has 0 aliphatic carbocycles. The number of nitrogens with one attached hydrogen (secondary N) is 1. The second-order valence-corrected chi connectivity index (χ2v) is 6.40. The average molecular weight is 357 g/mol. The molecule has 0 aliphatic heterocycles. The van der Waals surface area contributed by atoms with Crippen molar-refractivity contribution in [2.75, 3.05) is 0 Å². The summed E-state index contributed by atoms with van der Waals surface area (Å²) in [5, 5.41) is 14.5. The number of aryl methyl sites for hydroxylation is 1. The van der Waals surface area contributed by atoms with Gasteiger partial charge in [0.05, 0.1) is 35.9 Å². The van der Waals surface area contributed by atoms with Gasteiger partial charge in [0.15, 0.2) is 11.6 Å². The minimum Gasteiger partial charge on any atom is -0.458 e. The fourth-order valence-corrected chi connectivity index (χ4v) is 3.26. The standard InChI is InChI=1S/C19H15N7O/c1-11(7-20)25-10-13(8-23-25)26-17-14-5-6-21-18(14)22-9-15(17)24-19(26)16-4-3-12(2)27-16/h3-6,8-11H,1-2H3,(H,21,22). The monoisotopic (exact) mass is 357 g/mol. The van der Waals surface area contributed by atoms with Crippen LogP contribution in [0.4, 0.5) is 0 Å². The highest BCUT2D eigenvalue weighted by atomic mass is 16.3. The van der Waals surface area contributed by atoms with Crippen molar-refractivity contribution in [1.82, 2.24) is 29.3 Å². The van der Waals surface area contributed by atoms with Gasteiger partial charge < -0.3 is 9.40 Å². The maximum Gasteiger partial charge on any atom is 0.182 e. The lowest BCUT2D eigenvalue weighted by atomic mass is 10.3. The van der Waals surface area contributed by atoms with Crippen LogP contribution in [-0.2, 0) is 0 Å². The smallest absolute Gasteiger partial charge is 0.182 e. The highest BCUT2D eigenvalue weighted by Crippen LogP contribution is 2.33. The van der Waals surface area contributed by atoms with Crippen LogP contribution in [0.5, 0.6) is 0 Å². The Morgan fingerprint density at radius 2 is 2.15 bits per heavy atom. The summed E-state index contributed by atoms with van der Waals surface area (Å²) >= 11 is 0. The third-order valence-electron chi connectivity index (χ3n) is 4.59. The molecule has 8 heteroatoms. The van der Waals surface area contributed by atoms with Gasteiger partial charge in [-0.3, -0.25) is 9.25 Å². The molecular weight excluding hydrogens is 342 g/mol. The topological polar surface area (TPSA) is 101 Å². The molecule has 0 bridgehead atoms. The molecule has 0 radical (unpaired) electrons. The molecule has 0 fully saturated rings. The maximum absolute atomic E-state index is 9.19. The second kappa shape index (κ2) is 5.57. The summed E-state index contributed by atoms with van der Waals surface area (Å²) in [6.07, 6.45) is 7.17. The first-order chi connectivity index (χ1) is 13.2. The molecule has 5 heterocycles. The lowest BCUT2D eigenvalue weighted by Gasteiger charge is -2.06. The summed E-state index contributed by atoms with van der Waals surface area (Å²) in [6.45, 7) is 3.70. The number of fused-ring (bicyclic) bond motifs is 3. The first kappa shape index (κ1) is 15.4. The van der Waals surface area contributed by atoms with Crippen molar-refractivity contribution < 1.29 is 4.42 Å². The number of furan rings is 1. The van der Waals surface area contributed by atoms with Crippen LogP contribution in [0.1, 0.15) is 18.7 Å². The Labute approximate surface area is 153 Å². The van der Waals surface area contributed by atoms with E-state index in [4.69, 9.17) is 9.40 Å². The summed E-state index contributed by atoms with van der Waals surface area (Å²) in [5.74, 6) is 2.13. The predicted molar refractivity (Wildman–Crippen MR) is 99.3 cm³/mol. The van der Waals surface area contributed by atoms with E-state index in [9.17, 15) is 5.26 Å². The SMILES string of the molecule is Cc1ccc(-c2nc3cnc4[nH]ccc4c3n2-c2cnn(C(C)C#N)c2)o1. The molecule has 1 N–H and O–H groups in total. The molecule has 0 amide bonds. The van der Waals surface area contributed by atoms with Crippen molar-refractivity contribution in [3.8, 4) is 23.3 Å². The number of nitrogens with zero attached hydrogens (tertiary/aromatic N) is 6. The first-order valence-corrected chi connectivity index (χ1v) is 8.51. The molecule has 27 heavy (non-hydrogen) atoms. The van der Waals surface area contributed by atoms with Crippen molar-refractivity contribution in [2.45, 2.75) is 19.9 Å². The fourth-order valence-electron chi connectivity index (χ4n) is 3.26. The molecular formula is C19H15N7O. The van der Waals surface area contributed by atoms with Gasteiger partial charge in [0.2, 0.25) is 0 Å². The molecule has 0 saturated heterocycles. The zero-order chi connectivity index (χ0) is 18.5. The van der Waals surface area contributed by atoms with Crippen LogP contribution in [0.2, 0.25) is 0 Å². The molecule has 8 nitrogen and oxygen atoms in total. The van der Waals surface area contributed by atoms with Gasteiger partial charge in [-0.25, -0.2) is 9.97 Å². The van der Waals surface area contributed by atoms with Crippen molar-refractivity contribution >= 4 is 22.1 Å². The molecule has 0 aromatic carbocycles. The highest BCUT2D eigenvalue weighted by Gasteiger charge is 2.21. The van der Waals surface area contributed by atoms with Crippen LogP contribution in [0.3, 0.4) is 0 Å². The zero-order valence-electron chi connectivity index (χ0n) is 14.7. The fraction of sp³-hybridized carbons (Fsp3) is 0.158. The second-order valence-electron chi connectivity index (χ2n) is 6.40. The van der Waals surface area contributed by atoms with Crippen LogP contribution in [-0.4, -0.2) is 29.3 Å². The van der Waals surface area contributed by atoms with Crippen molar-refractivity contribution in [2.24, 2.45) is 0 Å². The molecule has 0 saturated carbocycles. The van der Waals surface area contributed by atoms with Gasteiger partial charge in [-0.1, -0.05) is 0 Å². The summed E-state index contributed by atoms with van der Waals surface area (Å²) in [7, 11) is 0. The van der Waals surface area contributed by atoms with Crippen LogP contribution >= 0.6 is 0 Å². The van der Waals surface area contributed by atoms with Gasteiger partial charge in [0, 0.05) is 11.6 Å². The Hall–Kier alpha value is -3.86. The molecule has 132 valence electrons. The lowest BCUT2D eigenvalue weighted by molar-refractivity contribution is 0.543. The van der Waals surface area contributed by atoms with Crippen molar-refractivity contribution in [1.29, 1.82) is 5.26 Å². The lowest BCUT2D eigenvalue weighted by Crippen LogP contribution is -2.02. The molecule has 0 aliphatic rings. The minimum absolute atomic E-state index is 0.364. The molecule has 5 aromatic heterocycles. The largest absolute Gasteiger partial charge is 0.458 e. The number of aromatic nitrogens is 6. The summed E-state index contributed by atoms with van der Waals surface area (Å²) in [5.41, 5.74) is 3.25. The van der Waals surface area contributed by atoms with Gasteiger partial charge >= 0.3 is 0 Å². The Morgan fingerprint density at radius 1 is 1.26 bits per heavy atom. The van der Waals surface area contributed by atoms with Crippen molar-refractivity contribution in [3.05, 3.63) is 48.7 Å². The van der Waals surface area contributed by atoms with E-state index < -0.39 is 0 Å². The van der Waals surface area contributed by atoms with Gasteiger partial charge in [0.25, 0.3) is 0 Å². The van der Waals surface area contributed by atoms with Gasteiger partial charge in [-0.2, -0.15) is 10.4 Å². The zero-order valence-corrected chi connectivity index (χ0v) is 14.7. The molecule has 0 spiro atoms. The normalized spacial score (nSPS) is 12.6. The van der Waals surface area contributed by atoms with E-state index in [1.165, 1.54) is 0 Å². The number of rotatable bonds is 3. The summed E-state index contributed by atoms with van der Waals surface area (Å²) < 4.78 is 9.47. The van der Waals surface area contributed by atoms with Gasteiger partial charge in [-0.15, -0.1) is 0 Å². The quantitative estimate of drug-likeness (QED) is 0.530. The number of hydrogen-bond donors (Lipinski definition) is 1.